The summed E-state index contributed by atoms with van der Waals surface area (Å²) in [7, 11) is 0. The zero-order valence-electron chi connectivity index (χ0n) is 13.4. The van der Waals surface area contributed by atoms with E-state index in [-0.39, 0.29) is 11.9 Å². The largest absolute Gasteiger partial charge is 0.392 e. The topological polar surface area (TPSA) is 55.1 Å². The van der Waals surface area contributed by atoms with Gasteiger partial charge in [-0.2, -0.15) is 0 Å². The van der Waals surface area contributed by atoms with Gasteiger partial charge in [0, 0.05) is 6.04 Å². The molecule has 0 bridgehead atoms. The maximum atomic E-state index is 12.8. The summed E-state index contributed by atoms with van der Waals surface area (Å²) >= 11 is 5.25. The second kappa shape index (κ2) is 7.39. The summed E-state index contributed by atoms with van der Waals surface area (Å²) in [5.41, 5.74) is 5.30. The van der Waals surface area contributed by atoms with Crippen LogP contribution < -0.4 is 11.1 Å². The third-order valence-corrected chi connectivity index (χ3v) is 5.43. The average Bonchev–Trinajstić information content (AvgIpc) is 2.70. The third kappa shape index (κ3) is 3.51. The Bertz CT molecular complexity index is 350. The lowest BCUT2D eigenvalue weighted by atomic mass is 9.77. The lowest BCUT2D eigenvalue weighted by Gasteiger charge is -2.33. The number of nitrogens with two attached hydrogens (primary N) is 1. The van der Waals surface area contributed by atoms with E-state index >= 15 is 0 Å². The van der Waals surface area contributed by atoms with Crippen LogP contribution in [0.2, 0.25) is 0 Å². The molecule has 0 aliphatic heterocycles. The van der Waals surface area contributed by atoms with Crippen molar-refractivity contribution in [2.45, 2.75) is 72.3 Å². The van der Waals surface area contributed by atoms with E-state index < -0.39 is 5.41 Å². The number of hydrogen-bond donors (Lipinski definition) is 2. The summed E-state index contributed by atoms with van der Waals surface area (Å²) < 4.78 is 0. The predicted molar refractivity (Wildman–Crippen MR) is 88.5 cm³/mol. The Morgan fingerprint density at radius 2 is 1.80 bits per heavy atom. The van der Waals surface area contributed by atoms with Crippen molar-refractivity contribution in [2.24, 2.45) is 23.0 Å². The fourth-order valence-corrected chi connectivity index (χ4v) is 3.74. The highest BCUT2D eigenvalue weighted by atomic mass is 32.1. The maximum absolute atomic E-state index is 12.8. The second-order valence-electron chi connectivity index (χ2n) is 6.44. The Kier molecular flexibility index (Phi) is 6.44. The van der Waals surface area contributed by atoms with Crippen LogP contribution in [0.3, 0.4) is 0 Å². The van der Waals surface area contributed by atoms with Crippen LogP contribution in [0.4, 0.5) is 0 Å². The minimum absolute atomic E-state index is 0.0552. The molecule has 0 heterocycles. The zero-order chi connectivity index (χ0) is 15.3. The van der Waals surface area contributed by atoms with Gasteiger partial charge in [-0.1, -0.05) is 52.8 Å². The molecule has 3 nitrogen and oxygen atoms in total. The van der Waals surface area contributed by atoms with Crippen LogP contribution in [0.25, 0.3) is 0 Å². The molecule has 0 aromatic rings. The van der Waals surface area contributed by atoms with Crippen molar-refractivity contribution in [1.29, 1.82) is 0 Å². The van der Waals surface area contributed by atoms with Crippen LogP contribution in [-0.2, 0) is 4.79 Å². The molecule has 0 aromatic carbocycles. The molecule has 116 valence electrons. The number of amides is 1. The van der Waals surface area contributed by atoms with Gasteiger partial charge in [0.2, 0.25) is 5.91 Å². The van der Waals surface area contributed by atoms with Crippen molar-refractivity contribution in [2.75, 3.05) is 0 Å². The highest BCUT2D eigenvalue weighted by molar-refractivity contribution is 7.80. The van der Waals surface area contributed by atoms with E-state index in [0.29, 0.717) is 16.8 Å². The molecular formula is C16H30N2OS. The van der Waals surface area contributed by atoms with Gasteiger partial charge in [-0.05, 0) is 37.5 Å². The molecule has 3 unspecified atom stereocenters. The van der Waals surface area contributed by atoms with Crippen molar-refractivity contribution < 1.29 is 4.79 Å². The zero-order valence-corrected chi connectivity index (χ0v) is 14.2. The van der Waals surface area contributed by atoms with Gasteiger partial charge in [-0.15, -0.1) is 0 Å². The fraction of sp³-hybridized carbons (Fsp3) is 0.875. The lowest BCUT2D eigenvalue weighted by Crippen LogP contribution is -2.52. The minimum atomic E-state index is -0.648. The van der Waals surface area contributed by atoms with Gasteiger partial charge in [0.25, 0.3) is 0 Å². The summed E-state index contributed by atoms with van der Waals surface area (Å²) in [5.74, 6) is 1.27. The molecule has 0 aromatic heterocycles. The Morgan fingerprint density at radius 1 is 1.25 bits per heavy atom. The van der Waals surface area contributed by atoms with E-state index in [2.05, 4.69) is 33.0 Å². The molecule has 1 fully saturated rings. The van der Waals surface area contributed by atoms with E-state index in [4.69, 9.17) is 18.0 Å². The van der Waals surface area contributed by atoms with Crippen LogP contribution in [0.5, 0.6) is 0 Å². The Balaban J connectivity index is 2.85. The summed E-state index contributed by atoms with van der Waals surface area (Å²) in [4.78, 5) is 13.2. The van der Waals surface area contributed by atoms with Gasteiger partial charge >= 0.3 is 0 Å². The molecule has 1 aliphatic rings. The first kappa shape index (κ1) is 17.4. The number of rotatable bonds is 7. The van der Waals surface area contributed by atoms with E-state index in [1.807, 2.05) is 0 Å². The van der Waals surface area contributed by atoms with Gasteiger partial charge < -0.3 is 11.1 Å². The van der Waals surface area contributed by atoms with Gasteiger partial charge in [-0.3, -0.25) is 4.79 Å². The molecule has 0 saturated heterocycles. The summed E-state index contributed by atoms with van der Waals surface area (Å²) in [6, 6.07) is 0.278. The smallest absolute Gasteiger partial charge is 0.233 e. The maximum Gasteiger partial charge on any atom is 0.233 e. The van der Waals surface area contributed by atoms with E-state index in [0.717, 1.165) is 32.1 Å². The SMILES string of the molecule is CCCC(CCC)(C(=O)NC1CCC(C)C1C)C(N)=S. The molecule has 1 amide bonds. The first-order chi connectivity index (χ1) is 9.39. The predicted octanol–water partition coefficient (Wildman–Crippen LogP) is 3.41. The molecular weight excluding hydrogens is 268 g/mol. The van der Waals surface area contributed by atoms with Crippen LogP contribution >= 0.6 is 12.2 Å². The van der Waals surface area contributed by atoms with E-state index in [1.54, 1.807) is 0 Å². The Hall–Kier alpha value is -0.640. The van der Waals surface area contributed by atoms with Gasteiger partial charge in [0.1, 0.15) is 0 Å². The van der Waals surface area contributed by atoms with Crippen molar-refractivity contribution in [3.05, 3.63) is 0 Å². The molecule has 4 heteroatoms. The lowest BCUT2D eigenvalue weighted by molar-refractivity contribution is -0.129. The number of carbonyl (C=O) groups is 1. The number of nitrogens with one attached hydrogen (secondary N) is 1. The van der Waals surface area contributed by atoms with Crippen molar-refractivity contribution in [1.82, 2.24) is 5.32 Å². The molecule has 1 saturated carbocycles. The fourth-order valence-electron chi connectivity index (χ4n) is 3.44. The van der Waals surface area contributed by atoms with Gasteiger partial charge in [-0.25, -0.2) is 0 Å². The first-order valence-electron chi connectivity index (χ1n) is 7.99. The quantitative estimate of drug-likeness (QED) is 0.708. The molecule has 3 atom stereocenters. The summed E-state index contributed by atoms with van der Waals surface area (Å²) in [6.07, 6.45) is 5.59. The number of carbonyl (C=O) groups excluding carboxylic acids is 1. The highest BCUT2D eigenvalue weighted by Crippen LogP contribution is 2.35. The summed E-state index contributed by atoms with van der Waals surface area (Å²) in [5, 5.41) is 3.24. The third-order valence-electron chi connectivity index (χ3n) is 5.04. The van der Waals surface area contributed by atoms with Gasteiger partial charge in [0.05, 0.1) is 10.4 Å². The molecule has 3 N–H and O–H groups in total. The molecule has 1 aliphatic carbocycles. The monoisotopic (exact) mass is 298 g/mol. The molecule has 1 rings (SSSR count). The molecule has 0 spiro atoms. The normalized spacial score (nSPS) is 26.5. The summed E-state index contributed by atoms with van der Waals surface area (Å²) in [6.45, 7) is 8.65. The first-order valence-corrected chi connectivity index (χ1v) is 8.40. The number of thiocarbonyl (C=S) groups is 1. The van der Waals surface area contributed by atoms with Crippen molar-refractivity contribution in [3.8, 4) is 0 Å². The number of hydrogen-bond acceptors (Lipinski definition) is 2. The van der Waals surface area contributed by atoms with Gasteiger partial charge in [0.15, 0.2) is 0 Å². The standard InChI is InChI=1S/C16H30N2OS/c1-5-9-16(10-6-2,14(17)20)15(19)18-13-8-7-11(3)12(13)4/h11-13H,5-10H2,1-4H3,(H2,17,20)(H,18,19). The van der Waals surface area contributed by atoms with Crippen molar-refractivity contribution in [3.63, 3.8) is 0 Å². The van der Waals surface area contributed by atoms with Crippen LogP contribution in [0, 0.1) is 17.3 Å². The Morgan fingerprint density at radius 3 is 2.15 bits per heavy atom. The minimum Gasteiger partial charge on any atom is -0.392 e. The second-order valence-corrected chi connectivity index (χ2v) is 6.88. The van der Waals surface area contributed by atoms with Crippen LogP contribution in [0.1, 0.15) is 66.2 Å². The molecule has 0 radical (unpaired) electrons. The average molecular weight is 298 g/mol. The highest BCUT2D eigenvalue weighted by Gasteiger charge is 2.42. The van der Waals surface area contributed by atoms with Crippen LogP contribution in [0.15, 0.2) is 0 Å². The van der Waals surface area contributed by atoms with E-state index in [1.165, 1.54) is 6.42 Å². The van der Waals surface area contributed by atoms with Crippen molar-refractivity contribution >= 4 is 23.1 Å². The van der Waals surface area contributed by atoms with Crippen LogP contribution in [-0.4, -0.2) is 16.9 Å². The Labute approximate surface area is 129 Å². The van der Waals surface area contributed by atoms with E-state index in [9.17, 15) is 4.79 Å². The molecule has 20 heavy (non-hydrogen) atoms.